The van der Waals surface area contributed by atoms with Gasteiger partial charge in [0.25, 0.3) is 0 Å². The first kappa shape index (κ1) is 19.1. The third kappa shape index (κ3) is 4.95. The molecule has 0 aliphatic carbocycles. The van der Waals surface area contributed by atoms with Gasteiger partial charge in [0.15, 0.2) is 11.5 Å². The van der Waals surface area contributed by atoms with Gasteiger partial charge < -0.3 is 19.5 Å². The summed E-state index contributed by atoms with van der Waals surface area (Å²) in [6, 6.07) is 10.9. The maximum absolute atomic E-state index is 12.3. The molecule has 1 aliphatic heterocycles. The van der Waals surface area contributed by atoms with Gasteiger partial charge in [-0.15, -0.1) is 0 Å². The van der Waals surface area contributed by atoms with E-state index in [0.29, 0.717) is 35.4 Å². The van der Waals surface area contributed by atoms with Crippen LogP contribution < -0.4 is 19.5 Å². The zero-order valence-corrected chi connectivity index (χ0v) is 16.1. The Balaban J connectivity index is 1.71. The Morgan fingerprint density at radius 1 is 1.26 bits per heavy atom. The summed E-state index contributed by atoms with van der Waals surface area (Å²) < 4.78 is 16.9. The molecule has 3 rings (SSSR count). The number of amides is 1. The highest BCUT2D eigenvalue weighted by Gasteiger charge is 2.16. The second-order valence-corrected chi connectivity index (χ2v) is 6.58. The van der Waals surface area contributed by atoms with Crippen molar-refractivity contribution in [3.05, 3.63) is 53.1 Å². The quantitative estimate of drug-likeness (QED) is 0.713. The van der Waals surface area contributed by atoms with Gasteiger partial charge in [0.05, 0.1) is 16.8 Å². The average Bonchev–Trinajstić information content (AvgIpc) is 2.67. The predicted octanol–water partition coefficient (Wildman–Crippen LogP) is 4.94. The Morgan fingerprint density at radius 2 is 1.96 bits per heavy atom. The van der Waals surface area contributed by atoms with Crippen LogP contribution in [-0.4, -0.2) is 25.2 Å². The topological polar surface area (TPSA) is 56.8 Å². The van der Waals surface area contributed by atoms with Crippen LogP contribution in [0.25, 0.3) is 6.08 Å². The number of anilines is 1. The fourth-order valence-electron chi connectivity index (χ4n) is 2.53. The maximum Gasteiger partial charge on any atom is 0.248 e. The third-order valence-electron chi connectivity index (χ3n) is 4.13. The third-order valence-corrected chi connectivity index (χ3v) is 4.44. The van der Waals surface area contributed by atoms with E-state index >= 15 is 0 Å². The minimum atomic E-state index is -0.299. The van der Waals surface area contributed by atoms with Crippen molar-refractivity contribution in [3.63, 3.8) is 0 Å². The van der Waals surface area contributed by atoms with E-state index in [9.17, 15) is 4.79 Å². The smallest absolute Gasteiger partial charge is 0.248 e. The normalized spacial score (nSPS) is 14.0. The number of fused-ring (bicyclic) bond motifs is 1. The van der Waals surface area contributed by atoms with Crippen molar-refractivity contribution in [2.24, 2.45) is 0 Å². The highest BCUT2D eigenvalue weighted by atomic mass is 35.5. The van der Waals surface area contributed by atoms with Crippen molar-refractivity contribution in [2.45, 2.75) is 26.4 Å². The molecular weight excluding hydrogens is 366 g/mol. The van der Waals surface area contributed by atoms with Crippen molar-refractivity contribution in [3.8, 4) is 17.2 Å². The van der Waals surface area contributed by atoms with E-state index in [1.807, 2.05) is 31.2 Å². The van der Waals surface area contributed by atoms with Crippen molar-refractivity contribution in [2.75, 3.05) is 18.5 Å². The number of benzene rings is 2. The van der Waals surface area contributed by atoms with E-state index in [4.69, 9.17) is 25.8 Å². The molecule has 27 heavy (non-hydrogen) atoms. The molecule has 1 unspecified atom stereocenters. The van der Waals surface area contributed by atoms with Crippen molar-refractivity contribution in [1.82, 2.24) is 0 Å². The molecule has 1 heterocycles. The lowest BCUT2D eigenvalue weighted by Gasteiger charge is -2.19. The summed E-state index contributed by atoms with van der Waals surface area (Å²) in [5, 5.41) is 3.16. The summed E-state index contributed by atoms with van der Waals surface area (Å²) in [5.41, 5.74) is 1.31. The number of ether oxygens (including phenoxy) is 3. The lowest BCUT2D eigenvalue weighted by atomic mass is 10.1. The molecule has 0 fully saturated rings. The molecule has 2 aromatic carbocycles. The number of rotatable bonds is 6. The zero-order valence-electron chi connectivity index (χ0n) is 15.3. The molecule has 0 radical (unpaired) electrons. The molecule has 142 valence electrons. The lowest BCUT2D eigenvalue weighted by molar-refractivity contribution is -0.111. The van der Waals surface area contributed by atoms with E-state index in [1.54, 1.807) is 18.2 Å². The lowest BCUT2D eigenvalue weighted by Crippen LogP contribution is -2.16. The van der Waals surface area contributed by atoms with E-state index in [2.05, 4.69) is 12.2 Å². The fraction of sp³-hybridized carbons (Fsp3) is 0.286. The number of hydrogen-bond donors (Lipinski definition) is 1. The highest BCUT2D eigenvalue weighted by molar-refractivity contribution is 6.34. The van der Waals surface area contributed by atoms with Crippen LogP contribution >= 0.6 is 11.6 Å². The van der Waals surface area contributed by atoms with Gasteiger partial charge in [0.1, 0.15) is 19.0 Å². The number of carbonyl (C=O) groups excluding carboxylic acids is 1. The molecule has 1 amide bonds. The first-order valence-electron chi connectivity index (χ1n) is 8.90. The molecule has 0 aromatic heterocycles. The van der Waals surface area contributed by atoms with Gasteiger partial charge >= 0.3 is 0 Å². The summed E-state index contributed by atoms with van der Waals surface area (Å²) in [6.07, 6.45) is 4.18. The second-order valence-electron chi connectivity index (χ2n) is 6.17. The van der Waals surface area contributed by atoms with Crippen LogP contribution in [0, 0.1) is 0 Å². The maximum atomic E-state index is 12.3. The van der Waals surface area contributed by atoms with Gasteiger partial charge in [0, 0.05) is 23.8 Å². The molecule has 5 nitrogen and oxygen atoms in total. The Hall–Kier alpha value is -2.66. The van der Waals surface area contributed by atoms with Crippen molar-refractivity contribution in [1.29, 1.82) is 0 Å². The summed E-state index contributed by atoms with van der Waals surface area (Å²) in [4.78, 5) is 12.3. The second kappa shape index (κ2) is 8.82. The van der Waals surface area contributed by atoms with E-state index in [-0.39, 0.29) is 12.0 Å². The van der Waals surface area contributed by atoms with Gasteiger partial charge in [-0.05, 0) is 25.5 Å². The molecule has 2 aromatic rings. The largest absolute Gasteiger partial charge is 0.490 e. The van der Waals surface area contributed by atoms with Crippen LogP contribution in [0.3, 0.4) is 0 Å². The van der Waals surface area contributed by atoms with Crippen molar-refractivity contribution < 1.29 is 19.0 Å². The molecule has 0 saturated carbocycles. The standard InChI is InChI=1S/C21H22ClNO4/c1-3-14(2)27-18-7-5-4-6-15(18)8-9-21(24)23-17-13-20-19(12-16(17)22)25-10-11-26-20/h4-9,12-14H,3,10-11H2,1-2H3,(H,23,24)/b9-8+. The van der Waals surface area contributed by atoms with E-state index in [1.165, 1.54) is 6.08 Å². The minimum absolute atomic E-state index is 0.102. The predicted molar refractivity (Wildman–Crippen MR) is 107 cm³/mol. The molecule has 0 spiro atoms. The summed E-state index contributed by atoms with van der Waals surface area (Å²) >= 11 is 6.23. The Kier molecular flexibility index (Phi) is 6.24. The number of para-hydroxylation sites is 1. The first-order chi connectivity index (χ1) is 13.1. The number of halogens is 1. The summed E-state index contributed by atoms with van der Waals surface area (Å²) in [5.74, 6) is 1.59. The molecule has 1 atom stereocenters. The SMILES string of the molecule is CCC(C)Oc1ccccc1/C=C/C(=O)Nc1cc2c(cc1Cl)OCCO2. The molecule has 0 bridgehead atoms. The van der Waals surface area contributed by atoms with Crippen LogP contribution in [-0.2, 0) is 4.79 Å². The Bertz CT molecular complexity index is 850. The van der Waals surface area contributed by atoms with E-state index in [0.717, 1.165) is 17.7 Å². The molecule has 6 heteroatoms. The summed E-state index contributed by atoms with van der Waals surface area (Å²) in [6.45, 7) is 5.02. The number of carbonyl (C=O) groups is 1. The molecule has 1 N–H and O–H groups in total. The molecule has 0 saturated heterocycles. The van der Waals surface area contributed by atoms with Gasteiger partial charge in [0.2, 0.25) is 5.91 Å². The summed E-state index contributed by atoms with van der Waals surface area (Å²) in [7, 11) is 0. The van der Waals surface area contributed by atoms with Crippen molar-refractivity contribution >= 4 is 29.3 Å². The number of hydrogen-bond acceptors (Lipinski definition) is 4. The number of nitrogens with one attached hydrogen (secondary N) is 1. The molecule has 1 aliphatic rings. The van der Waals surface area contributed by atoms with Gasteiger partial charge in [-0.2, -0.15) is 0 Å². The fourth-order valence-corrected chi connectivity index (χ4v) is 2.73. The Morgan fingerprint density at radius 3 is 2.70 bits per heavy atom. The first-order valence-corrected chi connectivity index (χ1v) is 9.28. The van der Waals surface area contributed by atoms with Gasteiger partial charge in [-0.1, -0.05) is 36.7 Å². The van der Waals surface area contributed by atoms with Gasteiger partial charge in [-0.25, -0.2) is 0 Å². The zero-order chi connectivity index (χ0) is 19.2. The minimum Gasteiger partial charge on any atom is -0.490 e. The van der Waals surface area contributed by atoms with Crippen LogP contribution in [0.4, 0.5) is 5.69 Å². The van der Waals surface area contributed by atoms with Gasteiger partial charge in [-0.3, -0.25) is 4.79 Å². The highest BCUT2D eigenvalue weighted by Crippen LogP contribution is 2.38. The average molecular weight is 388 g/mol. The van der Waals surface area contributed by atoms with Crippen LogP contribution in [0.5, 0.6) is 17.2 Å². The van der Waals surface area contributed by atoms with Crippen LogP contribution in [0.15, 0.2) is 42.5 Å². The monoisotopic (exact) mass is 387 g/mol. The van der Waals surface area contributed by atoms with E-state index < -0.39 is 0 Å². The van der Waals surface area contributed by atoms with Crippen LogP contribution in [0.1, 0.15) is 25.8 Å². The van der Waals surface area contributed by atoms with Crippen LogP contribution in [0.2, 0.25) is 5.02 Å². The Labute approximate surface area is 163 Å². The molecular formula is C21H22ClNO4.